The summed E-state index contributed by atoms with van der Waals surface area (Å²) in [4.78, 5) is 12.1. The Hall–Kier alpha value is -0.680. The number of thioether (sulfide) groups is 1. The molecular weight excluding hydrogens is 294 g/mol. The Bertz CT molecular complexity index is 524. The average Bonchev–Trinajstić information content (AvgIpc) is 2.89. The fourth-order valence-corrected chi connectivity index (χ4v) is 3.78. The molecule has 1 saturated carbocycles. The van der Waals surface area contributed by atoms with Crippen molar-refractivity contribution in [3.8, 4) is 0 Å². The van der Waals surface area contributed by atoms with Crippen molar-refractivity contribution < 1.29 is 0 Å². The summed E-state index contributed by atoms with van der Waals surface area (Å²) in [5.74, 6) is 0. The smallest absolute Gasteiger partial charge is 0.287 e. The number of hydrogen-bond donors (Lipinski definition) is 1. The van der Waals surface area contributed by atoms with Gasteiger partial charge in [0, 0.05) is 11.3 Å². The quantitative estimate of drug-likeness (QED) is 0.902. The molecule has 1 N–H and O–H groups in total. The second-order valence-corrected chi connectivity index (χ2v) is 7.32. The van der Waals surface area contributed by atoms with Crippen LogP contribution in [0.4, 0.5) is 5.69 Å². The topological polar surface area (TPSA) is 46.9 Å². The molecule has 0 aliphatic heterocycles. The van der Waals surface area contributed by atoms with Gasteiger partial charge in [0.2, 0.25) is 0 Å². The molecule has 20 heavy (non-hydrogen) atoms. The van der Waals surface area contributed by atoms with Crippen molar-refractivity contribution >= 4 is 29.1 Å². The maximum absolute atomic E-state index is 12.1. The lowest BCUT2D eigenvalue weighted by Gasteiger charge is -2.27. The van der Waals surface area contributed by atoms with Crippen LogP contribution in [0.5, 0.6) is 0 Å². The van der Waals surface area contributed by atoms with E-state index in [1.165, 1.54) is 30.4 Å². The van der Waals surface area contributed by atoms with E-state index in [0.717, 1.165) is 6.54 Å². The van der Waals surface area contributed by atoms with Crippen molar-refractivity contribution in [3.05, 3.63) is 21.6 Å². The number of nitrogens with zero attached hydrogens (tertiary/aromatic N) is 2. The molecule has 1 fully saturated rings. The third kappa shape index (κ3) is 3.14. The van der Waals surface area contributed by atoms with Crippen molar-refractivity contribution in [3.63, 3.8) is 0 Å². The first-order valence-corrected chi connectivity index (χ1v) is 8.66. The van der Waals surface area contributed by atoms with Crippen molar-refractivity contribution in [1.82, 2.24) is 9.78 Å². The van der Waals surface area contributed by atoms with Gasteiger partial charge in [-0.25, -0.2) is 4.68 Å². The Morgan fingerprint density at radius 2 is 2.15 bits per heavy atom. The molecule has 0 aromatic carbocycles. The minimum Gasteiger partial charge on any atom is -0.381 e. The van der Waals surface area contributed by atoms with Crippen LogP contribution < -0.4 is 10.9 Å². The molecule has 0 radical (unpaired) electrons. The molecule has 112 valence electrons. The first-order chi connectivity index (χ1) is 9.49. The second-order valence-electron chi connectivity index (χ2n) is 5.66. The Kier molecular flexibility index (Phi) is 5.02. The van der Waals surface area contributed by atoms with E-state index >= 15 is 0 Å². The van der Waals surface area contributed by atoms with Gasteiger partial charge in [0.1, 0.15) is 5.02 Å². The van der Waals surface area contributed by atoms with E-state index in [1.54, 1.807) is 6.20 Å². The molecule has 6 heteroatoms. The molecule has 0 atom stereocenters. The van der Waals surface area contributed by atoms with Crippen LogP contribution in [0.3, 0.4) is 0 Å². The number of halogens is 1. The number of anilines is 1. The van der Waals surface area contributed by atoms with Crippen LogP contribution in [-0.4, -0.2) is 27.3 Å². The van der Waals surface area contributed by atoms with Crippen LogP contribution in [0.1, 0.15) is 45.6 Å². The molecule has 0 spiro atoms. The second kappa shape index (κ2) is 6.39. The first kappa shape index (κ1) is 15.7. The third-order valence-corrected chi connectivity index (χ3v) is 5.77. The van der Waals surface area contributed by atoms with Gasteiger partial charge in [0.05, 0.1) is 17.9 Å². The van der Waals surface area contributed by atoms with E-state index in [2.05, 4.69) is 16.7 Å². The lowest BCUT2D eigenvalue weighted by molar-refractivity contribution is 0.503. The van der Waals surface area contributed by atoms with Gasteiger partial charge in [-0.2, -0.15) is 16.9 Å². The van der Waals surface area contributed by atoms with Gasteiger partial charge in [-0.3, -0.25) is 4.79 Å². The van der Waals surface area contributed by atoms with Gasteiger partial charge in [-0.1, -0.05) is 24.4 Å². The highest BCUT2D eigenvalue weighted by Gasteiger charge is 2.32. The standard InChI is InChI=1S/C14H22ClN3OS/c1-10(2)18-13(19)12(15)11(8-17-18)16-9-14(20-3)6-4-5-7-14/h8,10,16H,4-7,9H2,1-3H3. The molecular formula is C14H22ClN3OS. The highest BCUT2D eigenvalue weighted by molar-refractivity contribution is 8.00. The molecule has 1 heterocycles. The Balaban J connectivity index is 2.14. The monoisotopic (exact) mass is 315 g/mol. The zero-order valence-corrected chi connectivity index (χ0v) is 13.9. The van der Waals surface area contributed by atoms with Crippen LogP contribution in [-0.2, 0) is 0 Å². The number of nitrogens with one attached hydrogen (secondary N) is 1. The first-order valence-electron chi connectivity index (χ1n) is 7.05. The summed E-state index contributed by atoms with van der Waals surface area (Å²) >= 11 is 8.08. The number of rotatable bonds is 5. The maximum atomic E-state index is 12.1. The van der Waals surface area contributed by atoms with Crippen LogP contribution >= 0.6 is 23.4 Å². The molecule has 1 aromatic heterocycles. The zero-order valence-electron chi connectivity index (χ0n) is 12.3. The molecule has 4 nitrogen and oxygen atoms in total. The zero-order chi connectivity index (χ0) is 14.8. The third-order valence-electron chi connectivity index (χ3n) is 3.98. The normalized spacial score (nSPS) is 17.6. The van der Waals surface area contributed by atoms with Gasteiger partial charge in [0.15, 0.2) is 0 Å². The van der Waals surface area contributed by atoms with Crippen molar-refractivity contribution in [2.75, 3.05) is 18.1 Å². The van der Waals surface area contributed by atoms with E-state index in [9.17, 15) is 4.79 Å². The predicted molar refractivity (Wildman–Crippen MR) is 87.1 cm³/mol. The summed E-state index contributed by atoms with van der Waals surface area (Å²) < 4.78 is 1.68. The van der Waals surface area contributed by atoms with E-state index in [4.69, 9.17) is 11.6 Å². The Labute approximate surface area is 129 Å². The van der Waals surface area contributed by atoms with E-state index in [-0.39, 0.29) is 21.4 Å². The summed E-state index contributed by atoms with van der Waals surface area (Å²) in [5, 5.41) is 7.75. The highest BCUT2D eigenvalue weighted by Crippen LogP contribution is 2.40. The predicted octanol–water partition coefficient (Wildman–Crippen LogP) is 3.57. The molecule has 0 amide bonds. The Morgan fingerprint density at radius 1 is 1.50 bits per heavy atom. The van der Waals surface area contributed by atoms with Gasteiger partial charge in [-0.05, 0) is 32.9 Å². The largest absolute Gasteiger partial charge is 0.381 e. The molecule has 2 rings (SSSR count). The highest BCUT2D eigenvalue weighted by atomic mass is 35.5. The summed E-state index contributed by atoms with van der Waals surface area (Å²) in [7, 11) is 0. The van der Waals surface area contributed by atoms with Crippen molar-refractivity contribution in [2.45, 2.75) is 50.3 Å². The lowest BCUT2D eigenvalue weighted by atomic mass is 10.1. The summed E-state index contributed by atoms with van der Waals surface area (Å²) in [5.41, 5.74) is 0.421. The van der Waals surface area contributed by atoms with Gasteiger partial charge < -0.3 is 5.32 Å². The van der Waals surface area contributed by atoms with Gasteiger partial charge in [-0.15, -0.1) is 0 Å². The fourth-order valence-electron chi connectivity index (χ4n) is 2.66. The van der Waals surface area contributed by atoms with Crippen molar-refractivity contribution in [2.24, 2.45) is 0 Å². The summed E-state index contributed by atoms with van der Waals surface area (Å²) in [6, 6.07) is 0.0152. The molecule has 0 unspecified atom stereocenters. The fraction of sp³-hybridized carbons (Fsp3) is 0.714. The SMILES string of the molecule is CSC1(CNc2cnn(C(C)C)c(=O)c2Cl)CCCC1. The maximum Gasteiger partial charge on any atom is 0.287 e. The van der Waals surface area contributed by atoms with Gasteiger partial charge >= 0.3 is 0 Å². The van der Waals surface area contributed by atoms with E-state index in [0.29, 0.717) is 5.69 Å². The average molecular weight is 316 g/mol. The van der Waals surface area contributed by atoms with Crippen LogP contribution in [0.15, 0.2) is 11.0 Å². The number of aromatic nitrogens is 2. The van der Waals surface area contributed by atoms with E-state index < -0.39 is 0 Å². The molecule has 0 saturated heterocycles. The number of hydrogen-bond acceptors (Lipinski definition) is 4. The minimum atomic E-state index is -0.226. The van der Waals surface area contributed by atoms with Gasteiger partial charge in [0.25, 0.3) is 5.56 Å². The minimum absolute atomic E-state index is 0.0152. The molecule has 0 bridgehead atoms. The van der Waals surface area contributed by atoms with E-state index in [1.807, 2.05) is 25.6 Å². The lowest BCUT2D eigenvalue weighted by Crippen LogP contribution is -2.31. The van der Waals surface area contributed by atoms with Crippen LogP contribution in [0, 0.1) is 0 Å². The van der Waals surface area contributed by atoms with Crippen LogP contribution in [0.2, 0.25) is 5.02 Å². The summed E-state index contributed by atoms with van der Waals surface area (Å²) in [6.07, 6.45) is 8.81. The Morgan fingerprint density at radius 3 is 2.70 bits per heavy atom. The van der Waals surface area contributed by atoms with Crippen LogP contribution in [0.25, 0.3) is 0 Å². The molecule has 1 aliphatic carbocycles. The molecule has 1 aliphatic rings. The van der Waals surface area contributed by atoms with Crippen molar-refractivity contribution in [1.29, 1.82) is 0 Å². The summed E-state index contributed by atoms with van der Waals surface area (Å²) in [6.45, 7) is 4.67. The molecule has 1 aromatic rings.